The van der Waals surface area contributed by atoms with Crippen LogP contribution < -0.4 is 4.90 Å². The SMILES string of the molecule is CC1=CC(C)(C)N(C(C)C)c2cc(C)c(/C=C3\SC(=O)N(Cc4ccccc4F)C3=O)cc21. The van der Waals surface area contributed by atoms with E-state index in [2.05, 4.69) is 57.7 Å². The molecule has 0 unspecified atom stereocenters. The number of aryl methyl sites for hydroxylation is 1. The predicted molar refractivity (Wildman–Crippen MR) is 134 cm³/mol. The summed E-state index contributed by atoms with van der Waals surface area (Å²) in [5, 5.41) is -0.381. The lowest BCUT2D eigenvalue weighted by atomic mass is 9.86. The van der Waals surface area contributed by atoms with Crippen molar-refractivity contribution in [3.8, 4) is 0 Å². The second kappa shape index (κ2) is 8.49. The number of allylic oxidation sites excluding steroid dienone is 1. The fourth-order valence-electron chi connectivity index (χ4n) is 4.89. The van der Waals surface area contributed by atoms with Crippen LogP contribution in [0.2, 0.25) is 0 Å². The summed E-state index contributed by atoms with van der Waals surface area (Å²) >= 11 is 0.905. The first-order valence-electron chi connectivity index (χ1n) is 11.1. The summed E-state index contributed by atoms with van der Waals surface area (Å²) in [5.41, 5.74) is 5.65. The molecule has 4 rings (SSSR count). The zero-order valence-electron chi connectivity index (χ0n) is 19.9. The topological polar surface area (TPSA) is 40.6 Å². The molecule has 2 aliphatic heterocycles. The lowest BCUT2D eigenvalue weighted by Gasteiger charge is -2.46. The van der Waals surface area contributed by atoms with Gasteiger partial charge in [0.2, 0.25) is 0 Å². The van der Waals surface area contributed by atoms with Crippen LogP contribution in [0.4, 0.5) is 14.9 Å². The number of hydrogen-bond donors (Lipinski definition) is 0. The van der Waals surface area contributed by atoms with Crippen LogP contribution in [-0.2, 0) is 11.3 Å². The average Bonchev–Trinajstić information content (AvgIpc) is 2.97. The molecule has 6 heteroatoms. The highest BCUT2D eigenvalue weighted by molar-refractivity contribution is 8.18. The number of anilines is 1. The number of carbonyl (C=O) groups is 2. The maximum atomic E-state index is 14.1. The molecule has 1 saturated heterocycles. The van der Waals surface area contributed by atoms with Crippen molar-refractivity contribution in [1.82, 2.24) is 4.90 Å². The Morgan fingerprint density at radius 3 is 2.48 bits per heavy atom. The summed E-state index contributed by atoms with van der Waals surface area (Å²) in [6.07, 6.45) is 4.06. The number of nitrogens with zero attached hydrogens (tertiary/aromatic N) is 2. The van der Waals surface area contributed by atoms with Crippen molar-refractivity contribution >= 4 is 40.2 Å². The molecule has 0 aliphatic carbocycles. The first-order valence-corrected chi connectivity index (χ1v) is 11.9. The van der Waals surface area contributed by atoms with Crippen LogP contribution in [-0.4, -0.2) is 27.6 Å². The third-order valence-electron chi connectivity index (χ3n) is 6.22. The molecule has 0 aromatic heterocycles. The smallest absolute Gasteiger partial charge is 0.293 e. The molecule has 33 heavy (non-hydrogen) atoms. The van der Waals surface area contributed by atoms with Gasteiger partial charge in [0, 0.05) is 22.9 Å². The number of imide groups is 1. The Labute approximate surface area is 199 Å². The van der Waals surface area contributed by atoms with E-state index in [1.807, 2.05) is 6.92 Å². The molecule has 0 spiro atoms. The standard InChI is InChI=1S/C27H29FN2O2S/c1-16(2)30-23-11-17(3)20(12-21(23)18(4)14-27(30,5)6)13-24-25(31)29(26(32)33-24)15-19-9-7-8-10-22(19)28/h7-14,16H,15H2,1-6H3/b24-13-. The zero-order chi connectivity index (χ0) is 24.1. The van der Waals surface area contributed by atoms with E-state index in [9.17, 15) is 14.0 Å². The lowest BCUT2D eigenvalue weighted by Crippen LogP contribution is -2.49. The molecule has 0 radical (unpaired) electrons. The van der Waals surface area contributed by atoms with Gasteiger partial charge in [-0.25, -0.2) is 4.39 Å². The van der Waals surface area contributed by atoms with Crippen LogP contribution in [0.1, 0.15) is 56.9 Å². The minimum absolute atomic E-state index is 0.0713. The van der Waals surface area contributed by atoms with Crippen LogP contribution in [0, 0.1) is 12.7 Å². The van der Waals surface area contributed by atoms with Crippen LogP contribution in [0.3, 0.4) is 0 Å². The second-order valence-corrected chi connectivity index (χ2v) is 10.5. The molecule has 2 amide bonds. The van der Waals surface area contributed by atoms with Crippen molar-refractivity contribution in [2.75, 3.05) is 4.90 Å². The summed E-state index contributed by atoms with van der Waals surface area (Å²) < 4.78 is 14.1. The lowest BCUT2D eigenvalue weighted by molar-refractivity contribution is -0.123. The fraction of sp³-hybridized carbons (Fsp3) is 0.333. The largest absolute Gasteiger partial charge is 0.360 e. The number of thioether (sulfide) groups is 1. The fourth-order valence-corrected chi connectivity index (χ4v) is 5.71. The monoisotopic (exact) mass is 464 g/mol. The average molecular weight is 465 g/mol. The van der Waals surface area contributed by atoms with Crippen molar-refractivity contribution < 1.29 is 14.0 Å². The molecule has 0 saturated carbocycles. The summed E-state index contributed by atoms with van der Waals surface area (Å²) in [4.78, 5) is 29.4. The Kier molecular flexibility index (Phi) is 5.99. The molecule has 0 bridgehead atoms. The maximum absolute atomic E-state index is 14.1. The summed E-state index contributed by atoms with van der Waals surface area (Å²) in [6.45, 7) is 12.9. The summed E-state index contributed by atoms with van der Waals surface area (Å²) in [5.74, 6) is -0.812. The number of fused-ring (bicyclic) bond motifs is 1. The second-order valence-electron chi connectivity index (χ2n) is 9.53. The number of rotatable bonds is 4. The Morgan fingerprint density at radius 2 is 1.82 bits per heavy atom. The van der Waals surface area contributed by atoms with Crippen molar-refractivity contribution in [1.29, 1.82) is 0 Å². The van der Waals surface area contributed by atoms with Gasteiger partial charge < -0.3 is 4.90 Å². The Bertz CT molecular complexity index is 1210. The first-order chi connectivity index (χ1) is 15.5. The van der Waals surface area contributed by atoms with Gasteiger partial charge in [-0.15, -0.1) is 0 Å². The molecule has 172 valence electrons. The molecule has 2 aromatic rings. The van der Waals surface area contributed by atoms with Crippen LogP contribution in [0.25, 0.3) is 11.6 Å². The van der Waals surface area contributed by atoms with Gasteiger partial charge in [0.05, 0.1) is 17.0 Å². The van der Waals surface area contributed by atoms with E-state index in [-0.39, 0.29) is 23.2 Å². The molecule has 2 heterocycles. The van der Waals surface area contributed by atoms with Crippen molar-refractivity contribution in [3.05, 3.63) is 75.5 Å². The molecule has 2 aliphatic rings. The highest BCUT2D eigenvalue weighted by Gasteiger charge is 2.36. The first kappa shape index (κ1) is 23.3. The van der Waals surface area contributed by atoms with Crippen LogP contribution in [0.5, 0.6) is 0 Å². The quantitative estimate of drug-likeness (QED) is 0.468. The van der Waals surface area contributed by atoms with E-state index in [1.54, 1.807) is 24.3 Å². The van der Waals surface area contributed by atoms with Gasteiger partial charge in [0.25, 0.3) is 11.1 Å². The number of carbonyl (C=O) groups excluding carboxylic acids is 2. The number of amides is 2. The minimum Gasteiger partial charge on any atom is -0.360 e. The molecule has 1 fully saturated rings. The molecule has 0 atom stereocenters. The van der Waals surface area contributed by atoms with Crippen LogP contribution in [0.15, 0.2) is 47.4 Å². The van der Waals surface area contributed by atoms with Gasteiger partial charge in [-0.05, 0) is 94.3 Å². The summed E-state index contributed by atoms with van der Waals surface area (Å²) in [6, 6.07) is 10.8. The molecule has 2 aromatic carbocycles. The summed E-state index contributed by atoms with van der Waals surface area (Å²) in [7, 11) is 0. The number of halogens is 1. The van der Waals surface area contributed by atoms with E-state index in [4.69, 9.17) is 0 Å². The van der Waals surface area contributed by atoms with Gasteiger partial charge in [-0.2, -0.15) is 0 Å². The van der Waals surface area contributed by atoms with Crippen molar-refractivity contribution in [3.63, 3.8) is 0 Å². The minimum atomic E-state index is -0.425. The third-order valence-corrected chi connectivity index (χ3v) is 7.13. The van der Waals surface area contributed by atoms with Gasteiger partial charge in [0.1, 0.15) is 5.82 Å². The van der Waals surface area contributed by atoms with Gasteiger partial charge >= 0.3 is 0 Å². The third kappa shape index (κ3) is 4.24. The molecule has 4 nitrogen and oxygen atoms in total. The van der Waals surface area contributed by atoms with Crippen molar-refractivity contribution in [2.45, 2.75) is 59.7 Å². The van der Waals surface area contributed by atoms with Gasteiger partial charge in [-0.1, -0.05) is 24.3 Å². The normalized spacial score (nSPS) is 18.9. The highest BCUT2D eigenvalue weighted by Crippen LogP contribution is 2.42. The van der Waals surface area contributed by atoms with Crippen molar-refractivity contribution in [2.24, 2.45) is 0 Å². The van der Waals surface area contributed by atoms with E-state index in [0.717, 1.165) is 33.4 Å². The molecule has 0 N–H and O–H groups in total. The van der Waals surface area contributed by atoms with Gasteiger partial charge in [-0.3, -0.25) is 14.5 Å². The predicted octanol–water partition coefficient (Wildman–Crippen LogP) is 6.78. The van der Waals surface area contributed by atoms with E-state index < -0.39 is 5.82 Å². The number of benzene rings is 2. The number of hydrogen-bond acceptors (Lipinski definition) is 4. The molecular weight excluding hydrogens is 435 g/mol. The maximum Gasteiger partial charge on any atom is 0.293 e. The van der Waals surface area contributed by atoms with Gasteiger partial charge in [0.15, 0.2) is 0 Å². The van der Waals surface area contributed by atoms with E-state index >= 15 is 0 Å². The Hall–Kier alpha value is -2.86. The molecular formula is C27H29FN2O2S. The van der Waals surface area contributed by atoms with Crippen LogP contribution >= 0.6 is 11.8 Å². The highest BCUT2D eigenvalue weighted by atomic mass is 32.2. The van der Waals surface area contributed by atoms with E-state index in [1.165, 1.54) is 17.3 Å². The Balaban J connectivity index is 1.69. The van der Waals surface area contributed by atoms with E-state index in [0.29, 0.717) is 16.5 Å². The Morgan fingerprint density at radius 1 is 1.12 bits per heavy atom. The zero-order valence-corrected chi connectivity index (χ0v) is 20.7.